The lowest BCUT2D eigenvalue weighted by Crippen LogP contribution is -2.45. The number of ether oxygens (including phenoxy) is 3. The molecule has 0 spiro atoms. The van der Waals surface area contributed by atoms with Crippen LogP contribution in [0, 0.1) is 0 Å². The summed E-state index contributed by atoms with van der Waals surface area (Å²) in [5.41, 5.74) is 0.768. The molecule has 1 aliphatic heterocycles. The molecule has 1 amide bonds. The molecule has 0 saturated carbocycles. The summed E-state index contributed by atoms with van der Waals surface area (Å²) in [4.78, 5) is 12.5. The van der Waals surface area contributed by atoms with Crippen molar-refractivity contribution >= 4 is 5.91 Å². The Bertz CT molecular complexity index is 785. The molecule has 144 valence electrons. The zero-order chi connectivity index (χ0) is 19.3. The van der Waals surface area contributed by atoms with E-state index in [2.05, 4.69) is 19.2 Å². The van der Waals surface area contributed by atoms with Crippen LogP contribution in [0.15, 0.2) is 48.5 Å². The highest BCUT2D eigenvalue weighted by molar-refractivity contribution is 5.78. The summed E-state index contributed by atoms with van der Waals surface area (Å²) in [6.07, 6.45) is 2.54. The van der Waals surface area contributed by atoms with E-state index in [1.807, 2.05) is 36.4 Å². The van der Waals surface area contributed by atoms with Crippen molar-refractivity contribution < 1.29 is 19.0 Å². The molecule has 5 nitrogen and oxygen atoms in total. The molecule has 1 unspecified atom stereocenters. The molecule has 2 aromatic rings. The SMILES string of the molecule is CCC1(CC)CC(NC(=O)COc2cccc(OC)c2)c2ccccc2O1. The van der Waals surface area contributed by atoms with Crippen LogP contribution >= 0.6 is 0 Å². The third kappa shape index (κ3) is 4.35. The third-order valence-electron chi connectivity index (χ3n) is 5.23. The van der Waals surface area contributed by atoms with Crippen molar-refractivity contribution in [2.45, 2.75) is 44.8 Å². The molecule has 2 aromatic carbocycles. The van der Waals surface area contributed by atoms with Gasteiger partial charge in [-0.05, 0) is 31.0 Å². The highest BCUT2D eigenvalue weighted by atomic mass is 16.5. The largest absolute Gasteiger partial charge is 0.497 e. The molecular formula is C22H27NO4. The fraction of sp³-hybridized carbons (Fsp3) is 0.409. The fourth-order valence-electron chi connectivity index (χ4n) is 3.51. The number of carbonyl (C=O) groups is 1. The molecule has 0 aliphatic carbocycles. The number of nitrogens with one attached hydrogen (secondary N) is 1. The minimum atomic E-state index is -0.250. The number of rotatable bonds is 7. The summed E-state index contributed by atoms with van der Waals surface area (Å²) >= 11 is 0. The Balaban J connectivity index is 1.68. The number of para-hydroxylation sites is 1. The van der Waals surface area contributed by atoms with Gasteiger partial charge in [-0.3, -0.25) is 4.79 Å². The van der Waals surface area contributed by atoms with Crippen LogP contribution in [0.2, 0.25) is 0 Å². The van der Waals surface area contributed by atoms with Gasteiger partial charge < -0.3 is 19.5 Å². The Labute approximate surface area is 160 Å². The van der Waals surface area contributed by atoms with E-state index in [-0.39, 0.29) is 24.2 Å². The zero-order valence-corrected chi connectivity index (χ0v) is 16.2. The lowest BCUT2D eigenvalue weighted by atomic mass is 9.83. The van der Waals surface area contributed by atoms with Gasteiger partial charge in [0.15, 0.2) is 6.61 Å². The minimum absolute atomic E-state index is 0.0437. The summed E-state index contributed by atoms with van der Waals surface area (Å²) in [5.74, 6) is 2.00. The smallest absolute Gasteiger partial charge is 0.258 e. The van der Waals surface area contributed by atoms with E-state index in [0.29, 0.717) is 11.5 Å². The zero-order valence-electron chi connectivity index (χ0n) is 16.2. The fourth-order valence-corrected chi connectivity index (χ4v) is 3.51. The van der Waals surface area contributed by atoms with Gasteiger partial charge in [0.25, 0.3) is 5.91 Å². The van der Waals surface area contributed by atoms with Gasteiger partial charge in [0.1, 0.15) is 22.8 Å². The Kier molecular flexibility index (Phi) is 5.89. The topological polar surface area (TPSA) is 56.8 Å². The first-order valence-corrected chi connectivity index (χ1v) is 9.43. The Hall–Kier alpha value is -2.69. The molecule has 27 heavy (non-hydrogen) atoms. The van der Waals surface area contributed by atoms with Crippen LogP contribution in [-0.4, -0.2) is 25.2 Å². The van der Waals surface area contributed by atoms with Crippen molar-refractivity contribution in [1.82, 2.24) is 5.32 Å². The maximum absolute atomic E-state index is 12.5. The molecule has 0 bridgehead atoms. The van der Waals surface area contributed by atoms with Crippen LogP contribution in [0.5, 0.6) is 17.2 Å². The van der Waals surface area contributed by atoms with Crippen molar-refractivity contribution in [3.63, 3.8) is 0 Å². The minimum Gasteiger partial charge on any atom is -0.497 e. The summed E-state index contributed by atoms with van der Waals surface area (Å²) in [6.45, 7) is 4.21. The average molecular weight is 369 g/mol. The second-order valence-electron chi connectivity index (χ2n) is 6.82. The highest BCUT2D eigenvalue weighted by Gasteiger charge is 2.38. The first-order chi connectivity index (χ1) is 13.1. The first kappa shape index (κ1) is 19.1. The second kappa shape index (κ2) is 8.33. The number of hydrogen-bond acceptors (Lipinski definition) is 4. The van der Waals surface area contributed by atoms with Crippen LogP contribution in [-0.2, 0) is 4.79 Å². The first-order valence-electron chi connectivity index (χ1n) is 9.43. The number of carbonyl (C=O) groups excluding carboxylic acids is 1. The Morgan fingerprint density at radius 2 is 1.89 bits per heavy atom. The van der Waals surface area contributed by atoms with E-state index in [0.717, 1.165) is 30.6 Å². The lowest BCUT2D eigenvalue weighted by molar-refractivity contribution is -0.124. The van der Waals surface area contributed by atoms with E-state index in [1.54, 1.807) is 19.2 Å². The molecule has 1 heterocycles. The number of methoxy groups -OCH3 is 1. The van der Waals surface area contributed by atoms with Crippen molar-refractivity contribution in [1.29, 1.82) is 0 Å². The maximum Gasteiger partial charge on any atom is 0.258 e. The summed E-state index contributed by atoms with van der Waals surface area (Å²) in [5, 5.41) is 3.12. The quantitative estimate of drug-likeness (QED) is 0.792. The number of hydrogen-bond donors (Lipinski definition) is 1. The predicted octanol–water partition coefficient (Wildman–Crippen LogP) is 4.27. The van der Waals surface area contributed by atoms with Crippen molar-refractivity contribution in [2.24, 2.45) is 0 Å². The number of amides is 1. The molecule has 0 radical (unpaired) electrons. The molecule has 1 aliphatic rings. The van der Waals surface area contributed by atoms with E-state index in [9.17, 15) is 4.79 Å². The van der Waals surface area contributed by atoms with E-state index in [4.69, 9.17) is 14.2 Å². The van der Waals surface area contributed by atoms with Crippen LogP contribution < -0.4 is 19.5 Å². The van der Waals surface area contributed by atoms with Crippen LogP contribution in [0.3, 0.4) is 0 Å². The maximum atomic E-state index is 12.5. The molecule has 1 atom stereocenters. The van der Waals surface area contributed by atoms with Crippen molar-refractivity contribution in [3.05, 3.63) is 54.1 Å². The lowest BCUT2D eigenvalue weighted by Gasteiger charge is -2.41. The van der Waals surface area contributed by atoms with Gasteiger partial charge in [-0.1, -0.05) is 38.1 Å². The highest BCUT2D eigenvalue weighted by Crippen LogP contribution is 2.42. The molecule has 3 rings (SSSR count). The second-order valence-corrected chi connectivity index (χ2v) is 6.82. The summed E-state index contributed by atoms with van der Waals surface area (Å²) < 4.78 is 17.1. The van der Waals surface area contributed by atoms with Crippen LogP contribution in [0.4, 0.5) is 0 Å². The van der Waals surface area contributed by atoms with Crippen molar-refractivity contribution in [3.8, 4) is 17.2 Å². The molecule has 0 fully saturated rings. The van der Waals surface area contributed by atoms with E-state index in [1.165, 1.54) is 0 Å². The predicted molar refractivity (Wildman–Crippen MR) is 104 cm³/mol. The van der Waals surface area contributed by atoms with Gasteiger partial charge in [-0.2, -0.15) is 0 Å². The van der Waals surface area contributed by atoms with Gasteiger partial charge in [-0.15, -0.1) is 0 Å². The third-order valence-corrected chi connectivity index (χ3v) is 5.23. The standard InChI is InChI=1S/C22H27NO4/c1-4-22(5-2)14-19(18-11-6-7-12-20(18)27-22)23-21(24)15-26-17-10-8-9-16(13-17)25-3/h6-13,19H,4-5,14-15H2,1-3H3,(H,23,24). The van der Waals surface area contributed by atoms with Crippen LogP contribution in [0.1, 0.15) is 44.7 Å². The molecule has 1 N–H and O–H groups in total. The Morgan fingerprint density at radius 1 is 1.15 bits per heavy atom. The summed E-state index contributed by atoms with van der Waals surface area (Å²) in [7, 11) is 1.60. The summed E-state index contributed by atoms with van der Waals surface area (Å²) in [6, 6.07) is 15.1. The number of fused-ring (bicyclic) bond motifs is 1. The van der Waals surface area contributed by atoms with Gasteiger partial charge in [0, 0.05) is 18.1 Å². The van der Waals surface area contributed by atoms with Gasteiger partial charge in [0.2, 0.25) is 0 Å². The van der Waals surface area contributed by atoms with Gasteiger partial charge in [0.05, 0.1) is 13.2 Å². The molecule has 0 saturated heterocycles. The molecular weight excluding hydrogens is 342 g/mol. The Morgan fingerprint density at radius 3 is 2.63 bits per heavy atom. The van der Waals surface area contributed by atoms with Crippen LogP contribution in [0.25, 0.3) is 0 Å². The van der Waals surface area contributed by atoms with E-state index < -0.39 is 0 Å². The molecule has 5 heteroatoms. The normalized spacial score (nSPS) is 17.4. The van der Waals surface area contributed by atoms with Gasteiger partial charge in [-0.25, -0.2) is 0 Å². The van der Waals surface area contributed by atoms with Gasteiger partial charge >= 0.3 is 0 Å². The monoisotopic (exact) mass is 369 g/mol. The van der Waals surface area contributed by atoms with Crippen molar-refractivity contribution in [2.75, 3.05) is 13.7 Å². The molecule has 0 aromatic heterocycles. The van der Waals surface area contributed by atoms with E-state index >= 15 is 0 Å². The average Bonchev–Trinajstić information content (AvgIpc) is 2.72. The number of benzene rings is 2.